The number of aliphatic hydroxyl groups excluding tert-OH is 1. The minimum absolute atomic E-state index is 0.0494. The zero-order valence-corrected chi connectivity index (χ0v) is 12.4. The summed E-state index contributed by atoms with van der Waals surface area (Å²) >= 11 is 1.49. The van der Waals surface area contributed by atoms with Crippen LogP contribution in [0.2, 0.25) is 0 Å². The lowest BCUT2D eigenvalue weighted by molar-refractivity contribution is -0.137. The lowest BCUT2D eigenvalue weighted by Gasteiger charge is -2.33. The molecule has 0 aliphatic rings. The summed E-state index contributed by atoms with van der Waals surface area (Å²) in [5.74, 6) is -0.887. The van der Waals surface area contributed by atoms with E-state index in [9.17, 15) is 9.90 Å². The fourth-order valence-corrected chi connectivity index (χ4v) is 2.71. The summed E-state index contributed by atoms with van der Waals surface area (Å²) in [5, 5.41) is 21.6. The highest BCUT2D eigenvalue weighted by Crippen LogP contribution is 2.31. The predicted molar refractivity (Wildman–Crippen MR) is 72.3 cm³/mol. The van der Waals surface area contributed by atoms with Gasteiger partial charge in [-0.2, -0.15) is 0 Å². The number of aliphatic hydroxyl groups is 1. The number of nitrogens with one attached hydrogen (secondary N) is 1. The molecule has 2 unspecified atom stereocenters. The predicted octanol–water partition coefficient (Wildman–Crippen LogP) is 2.07. The molecule has 0 bridgehead atoms. The van der Waals surface area contributed by atoms with Crippen molar-refractivity contribution in [3.63, 3.8) is 0 Å². The Hall–Kier alpha value is -0.260. The summed E-state index contributed by atoms with van der Waals surface area (Å²) in [4.78, 5) is 10.8. The van der Waals surface area contributed by atoms with Crippen molar-refractivity contribution < 1.29 is 15.0 Å². The zero-order chi connectivity index (χ0) is 13.9. The summed E-state index contributed by atoms with van der Waals surface area (Å²) in [6.45, 7) is 11.9. The normalized spacial score (nSPS) is 16.6. The highest BCUT2D eigenvalue weighted by Gasteiger charge is 2.29. The van der Waals surface area contributed by atoms with Crippen LogP contribution in [0.1, 0.15) is 48.0 Å². The Labute approximate surface area is 108 Å². The molecular formula is C12H25NO3S. The fourth-order valence-electron chi connectivity index (χ4n) is 1.38. The minimum Gasteiger partial charge on any atom is -0.481 e. The van der Waals surface area contributed by atoms with Crippen LogP contribution in [0.15, 0.2) is 0 Å². The quantitative estimate of drug-likeness (QED) is 0.662. The molecule has 5 heteroatoms. The maximum atomic E-state index is 10.8. The first-order valence-electron chi connectivity index (χ1n) is 5.76. The molecule has 0 aliphatic carbocycles. The number of hydrogen-bond donors (Lipinski definition) is 3. The number of carboxylic acids is 1. The van der Waals surface area contributed by atoms with Gasteiger partial charge in [0.25, 0.3) is 0 Å². The number of aliphatic carboxylic acids is 1. The molecule has 3 N–H and O–H groups in total. The molecule has 17 heavy (non-hydrogen) atoms. The Balaban J connectivity index is 4.62. The number of rotatable bonds is 5. The minimum atomic E-state index is -0.887. The maximum absolute atomic E-state index is 10.8. The molecule has 0 aromatic carbocycles. The number of thioether (sulfide) groups is 1. The van der Waals surface area contributed by atoms with E-state index in [4.69, 9.17) is 5.11 Å². The summed E-state index contributed by atoms with van der Waals surface area (Å²) in [6, 6.07) is 0. The van der Waals surface area contributed by atoms with Crippen molar-refractivity contribution in [3.05, 3.63) is 0 Å². The molecule has 0 rings (SSSR count). The van der Waals surface area contributed by atoms with Crippen LogP contribution in [-0.2, 0) is 4.79 Å². The van der Waals surface area contributed by atoms with Crippen LogP contribution in [0.25, 0.3) is 0 Å². The monoisotopic (exact) mass is 263 g/mol. The summed E-state index contributed by atoms with van der Waals surface area (Å²) in [6.07, 6.45) is -0.873. The lowest BCUT2D eigenvalue weighted by atomic mass is 10.1. The molecule has 2 atom stereocenters. The van der Waals surface area contributed by atoms with E-state index in [2.05, 4.69) is 5.32 Å². The van der Waals surface area contributed by atoms with E-state index in [0.29, 0.717) is 0 Å². The Morgan fingerprint density at radius 3 is 2.00 bits per heavy atom. The first kappa shape index (κ1) is 16.7. The molecule has 102 valence electrons. The first-order valence-corrected chi connectivity index (χ1v) is 6.64. The van der Waals surface area contributed by atoms with Crippen molar-refractivity contribution in [1.82, 2.24) is 5.32 Å². The van der Waals surface area contributed by atoms with Crippen molar-refractivity contribution >= 4 is 17.7 Å². The Morgan fingerprint density at radius 1 is 1.24 bits per heavy atom. The average molecular weight is 263 g/mol. The van der Waals surface area contributed by atoms with Crippen molar-refractivity contribution in [2.75, 3.05) is 0 Å². The van der Waals surface area contributed by atoms with E-state index in [-0.39, 0.29) is 22.0 Å². The van der Waals surface area contributed by atoms with Gasteiger partial charge in [-0.15, -0.1) is 11.8 Å². The van der Waals surface area contributed by atoms with Gasteiger partial charge in [-0.25, -0.2) is 0 Å². The standard InChI is InChI=1S/C12H25NO3S/c1-11(2,3)13-10(16)8(7-9(14)15)17-12(4,5)6/h8,10,13,16H,7H2,1-6H3,(H,14,15). The van der Waals surface area contributed by atoms with Gasteiger partial charge in [-0.3, -0.25) is 10.1 Å². The van der Waals surface area contributed by atoms with Gasteiger partial charge in [0, 0.05) is 10.3 Å². The number of carboxylic acid groups (broad SMARTS) is 1. The van der Waals surface area contributed by atoms with Gasteiger partial charge in [-0.05, 0) is 20.8 Å². The highest BCUT2D eigenvalue weighted by molar-refractivity contribution is 8.01. The number of carbonyl (C=O) groups is 1. The second-order valence-electron chi connectivity index (χ2n) is 6.21. The number of hydrogen-bond acceptors (Lipinski definition) is 4. The van der Waals surface area contributed by atoms with E-state index >= 15 is 0 Å². The molecule has 0 aliphatic heterocycles. The van der Waals surface area contributed by atoms with Crippen LogP contribution in [0.4, 0.5) is 0 Å². The average Bonchev–Trinajstić information content (AvgIpc) is 1.95. The fraction of sp³-hybridized carbons (Fsp3) is 0.917. The third-order valence-corrected chi connectivity index (χ3v) is 3.25. The first-order chi connectivity index (χ1) is 7.41. The van der Waals surface area contributed by atoms with Gasteiger partial charge < -0.3 is 10.2 Å². The van der Waals surface area contributed by atoms with Crippen LogP contribution < -0.4 is 5.32 Å². The molecule has 0 radical (unpaired) electrons. The highest BCUT2D eigenvalue weighted by atomic mass is 32.2. The Bertz CT molecular complexity index is 255. The van der Waals surface area contributed by atoms with E-state index in [1.807, 2.05) is 41.5 Å². The van der Waals surface area contributed by atoms with E-state index in [1.165, 1.54) is 11.8 Å². The van der Waals surface area contributed by atoms with E-state index in [0.717, 1.165) is 0 Å². The summed E-state index contributed by atoms with van der Waals surface area (Å²) in [7, 11) is 0. The Morgan fingerprint density at radius 2 is 1.71 bits per heavy atom. The Kier molecular flexibility index (Phi) is 5.98. The topological polar surface area (TPSA) is 69.6 Å². The van der Waals surface area contributed by atoms with Crippen LogP contribution >= 0.6 is 11.8 Å². The second-order valence-corrected chi connectivity index (χ2v) is 8.27. The molecule has 0 saturated carbocycles. The molecule has 0 aromatic rings. The summed E-state index contributed by atoms with van der Waals surface area (Å²) < 4.78 is -0.0827. The van der Waals surface area contributed by atoms with Gasteiger partial charge in [0.2, 0.25) is 0 Å². The van der Waals surface area contributed by atoms with Crippen LogP contribution in [0, 0.1) is 0 Å². The van der Waals surface area contributed by atoms with Gasteiger partial charge in [-0.1, -0.05) is 20.8 Å². The van der Waals surface area contributed by atoms with Gasteiger partial charge in [0.05, 0.1) is 11.7 Å². The van der Waals surface area contributed by atoms with Gasteiger partial charge in [0.15, 0.2) is 0 Å². The SMILES string of the molecule is CC(C)(C)NC(O)C(CC(=O)O)SC(C)(C)C. The largest absolute Gasteiger partial charge is 0.481 e. The van der Waals surface area contributed by atoms with Gasteiger partial charge in [0.1, 0.15) is 6.23 Å². The smallest absolute Gasteiger partial charge is 0.304 e. The van der Waals surface area contributed by atoms with Crippen molar-refractivity contribution in [3.8, 4) is 0 Å². The molecule has 0 amide bonds. The molecule has 0 saturated heterocycles. The van der Waals surface area contributed by atoms with Crippen LogP contribution in [0.3, 0.4) is 0 Å². The molecule has 4 nitrogen and oxygen atoms in total. The molecule has 0 heterocycles. The van der Waals surface area contributed by atoms with Gasteiger partial charge >= 0.3 is 5.97 Å². The third-order valence-electron chi connectivity index (χ3n) is 1.81. The van der Waals surface area contributed by atoms with E-state index in [1.54, 1.807) is 0 Å². The summed E-state index contributed by atoms with van der Waals surface area (Å²) in [5.41, 5.74) is -0.241. The molecule has 0 spiro atoms. The molecular weight excluding hydrogens is 238 g/mol. The maximum Gasteiger partial charge on any atom is 0.304 e. The van der Waals surface area contributed by atoms with E-state index < -0.39 is 12.2 Å². The molecule has 0 fully saturated rings. The second kappa shape index (κ2) is 6.07. The molecule has 0 aromatic heterocycles. The van der Waals surface area contributed by atoms with Crippen LogP contribution in [0.5, 0.6) is 0 Å². The lowest BCUT2D eigenvalue weighted by Crippen LogP contribution is -2.49. The van der Waals surface area contributed by atoms with Crippen LogP contribution in [-0.4, -0.2) is 37.9 Å². The third kappa shape index (κ3) is 9.44. The van der Waals surface area contributed by atoms with Crippen molar-refractivity contribution in [2.45, 2.75) is 69.7 Å². The van der Waals surface area contributed by atoms with Crippen molar-refractivity contribution in [2.24, 2.45) is 0 Å². The zero-order valence-electron chi connectivity index (χ0n) is 11.6. The van der Waals surface area contributed by atoms with Crippen molar-refractivity contribution in [1.29, 1.82) is 0 Å².